The van der Waals surface area contributed by atoms with E-state index in [-0.39, 0.29) is 5.56 Å². The molecule has 3 rings (SSSR count). The van der Waals surface area contributed by atoms with E-state index in [1.807, 2.05) is 12.3 Å². The lowest BCUT2D eigenvalue weighted by Crippen LogP contribution is -2.20. The maximum absolute atomic E-state index is 12.4. The first kappa shape index (κ1) is 13.1. The van der Waals surface area contributed by atoms with E-state index in [0.29, 0.717) is 6.54 Å². The molecule has 0 aliphatic carbocycles. The van der Waals surface area contributed by atoms with Crippen molar-refractivity contribution in [2.24, 2.45) is 0 Å². The van der Waals surface area contributed by atoms with Crippen molar-refractivity contribution < 1.29 is 0 Å². The molecule has 0 saturated heterocycles. The smallest absolute Gasteiger partial charge is 0.262 e. The van der Waals surface area contributed by atoms with Gasteiger partial charge in [-0.15, -0.1) is 11.3 Å². The van der Waals surface area contributed by atoms with Gasteiger partial charge in [0.2, 0.25) is 0 Å². The van der Waals surface area contributed by atoms with Crippen LogP contribution in [0.25, 0.3) is 10.2 Å². The normalized spacial score (nSPS) is 11.2. The van der Waals surface area contributed by atoms with Crippen molar-refractivity contribution in [3.05, 3.63) is 45.6 Å². The fourth-order valence-corrected chi connectivity index (χ4v) is 3.29. The minimum Gasteiger partial charge on any atom is -0.298 e. The zero-order valence-corrected chi connectivity index (χ0v) is 12.1. The molecule has 3 aromatic heterocycles. The van der Waals surface area contributed by atoms with Crippen molar-refractivity contribution in [3.63, 3.8) is 0 Å². The van der Waals surface area contributed by atoms with Crippen LogP contribution in [0.5, 0.6) is 0 Å². The monoisotopic (exact) mass is 288 g/mol. The van der Waals surface area contributed by atoms with Gasteiger partial charge in [-0.3, -0.25) is 14.5 Å². The van der Waals surface area contributed by atoms with E-state index in [0.717, 1.165) is 35.0 Å². The molecule has 0 unspecified atom stereocenters. The molecule has 0 radical (unpaired) electrons. The predicted molar refractivity (Wildman–Crippen MR) is 80.2 cm³/mol. The standard InChI is InChI=1S/C14H16N4OS/c1-2-3-11-6-12-13(20-11)15-9-18(14(12)19)5-4-10-7-16-17-8-10/h6-9H,2-5H2,1H3,(H,16,17). The molecule has 0 atom stereocenters. The van der Waals surface area contributed by atoms with Crippen LogP contribution in [-0.4, -0.2) is 19.7 Å². The minimum atomic E-state index is 0.0529. The Balaban J connectivity index is 1.88. The van der Waals surface area contributed by atoms with E-state index in [9.17, 15) is 4.79 Å². The number of fused-ring (bicyclic) bond motifs is 1. The van der Waals surface area contributed by atoms with Gasteiger partial charge in [0.1, 0.15) is 4.83 Å². The van der Waals surface area contributed by atoms with Gasteiger partial charge in [-0.25, -0.2) is 4.98 Å². The van der Waals surface area contributed by atoms with Gasteiger partial charge in [0, 0.05) is 17.6 Å². The highest BCUT2D eigenvalue weighted by atomic mass is 32.1. The highest BCUT2D eigenvalue weighted by Gasteiger charge is 2.08. The van der Waals surface area contributed by atoms with Gasteiger partial charge in [-0.1, -0.05) is 13.3 Å². The van der Waals surface area contributed by atoms with Crippen LogP contribution in [-0.2, 0) is 19.4 Å². The molecule has 3 heterocycles. The highest BCUT2D eigenvalue weighted by molar-refractivity contribution is 7.18. The average Bonchev–Trinajstić information content (AvgIpc) is 3.07. The number of rotatable bonds is 5. The van der Waals surface area contributed by atoms with E-state index >= 15 is 0 Å². The second kappa shape index (κ2) is 5.58. The zero-order chi connectivity index (χ0) is 13.9. The van der Waals surface area contributed by atoms with E-state index in [1.54, 1.807) is 28.4 Å². The summed E-state index contributed by atoms with van der Waals surface area (Å²) in [6.45, 7) is 2.77. The number of thiophene rings is 1. The second-order valence-electron chi connectivity index (χ2n) is 4.78. The van der Waals surface area contributed by atoms with Gasteiger partial charge in [-0.2, -0.15) is 5.10 Å². The van der Waals surface area contributed by atoms with E-state index < -0.39 is 0 Å². The molecule has 20 heavy (non-hydrogen) atoms. The van der Waals surface area contributed by atoms with Gasteiger partial charge >= 0.3 is 0 Å². The molecule has 0 aliphatic heterocycles. The molecule has 0 aliphatic rings. The third kappa shape index (κ3) is 2.51. The van der Waals surface area contributed by atoms with Crippen LogP contribution >= 0.6 is 11.3 Å². The maximum atomic E-state index is 12.4. The topological polar surface area (TPSA) is 63.6 Å². The minimum absolute atomic E-state index is 0.0529. The summed E-state index contributed by atoms with van der Waals surface area (Å²) in [6, 6.07) is 1.99. The van der Waals surface area contributed by atoms with Crippen molar-refractivity contribution in [1.29, 1.82) is 0 Å². The molecule has 0 saturated carbocycles. The summed E-state index contributed by atoms with van der Waals surface area (Å²) in [4.78, 5) is 18.9. The highest BCUT2D eigenvalue weighted by Crippen LogP contribution is 2.21. The van der Waals surface area contributed by atoms with Crippen LogP contribution in [0.15, 0.2) is 29.6 Å². The number of nitrogens with one attached hydrogen (secondary N) is 1. The van der Waals surface area contributed by atoms with Gasteiger partial charge in [0.05, 0.1) is 17.9 Å². The first-order chi connectivity index (χ1) is 9.78. The Morgan fingerprint density at radius 2 is 2.30 bits per heavy atom. The fourth-order valence-electron chi connectivity index (χ4n) is 2.20. The first-order valence-electron chi connectivity index (χ1n) is 6.73. The van der Waals surface area contributed by atoms with Crippen LogP contribution in [0.4, 0.5) is 0 Å². The summed E-state index contributed by atoms with van der Waals surface area (Å²) in [7, 11) is 0. The Labute approximate surface area is 120 Å². The number of nitrogens with zero attached hydrogens (tertiary/aromatic N) is 3. The van der Waals surface area contributed by atoms with Crippen molar-refractivity contribution >= 4 is 21.6 Å². The van der Waals surface area contributed by atoms with Crippen LogP contribution in [0, 0.1) is 0 Å². The Hall–Kier alpha value is -1.95. The van der Waals surface area contributed by atoms with Crippen LogP contribution < -0.4 is 5.56 Å². The Kier molecular flexibility index (Phi) is 3.64. The summed E-state index contributed by atoms with van der Waals surface area (Å²) < 4.78 is 1.68. The molecule has 0 amide bonds. The van der Waals surface area contributed by atoms with Crippen LogP contribution in [0.2, 0.25) is 0 Å². The van der Waals surface area contributed by atoms with E-state index in [2.05, 4.69) is 22.1 Å². The van der Waals surface area contributed by atoms with Crippen molar-refractivity contribution in [1.82, 2.24) is 19.7 Å². The average molecular weight is 288 g/mol. The van der Waals surface area contributed by atoms with Crippen molar-refractivity contribution in [3.8, 4) is 0 Å². The number of aryl methyl sites for hydroxylation is 3. The number of aromatic amines is 1. The van der Waals surface area contributed by atoms with Gasteiger partial charge < -0.3 is 0 Å². The molecule has 3 aromatic rings. The number of hydrogen-bond acceptors (Lipinski definition) is 4. The predicted octanol–water partition coefficient (Wildman–Crippen LogP) is 2.38. The van der Waals surface area contributed by atoms with Gasteiger partial charge in [-0.05, 0) is 24.5 Å². The Morgan fingerprint density at radius 3 is 3.05 bits per heavy atom. The molecule has 6 heteroatoms. The quantitative estimate of drug-likeness (QED) is 0.784. The summed E-state index contributed by atoms with van der Waals surface area (Å²) in [5.74, 6) is 0. The fraction of sp³-hybridized carbons (Fsp3) is 0.357. The summed E-state index contributed by atoms with van der Waals surface area (Å²) in [5, 5.41) is 7.42. The van der Waals surface area contributed by atoms with Crippen molar-refractivity contribution in [2.45, 2.75) is 32.7 Å². The molecule has 0 aromatic carbocycles. The third-order valence-corrected chi connectivity index (χ3v) is 4.36. The molecule has 0 spiro atoms. The van der Waals surface area contributed by atoms with Crippen molar-refractivity contribution in [2.75, 3.05) is 0 Å². The van der Waals surface area contributed by atoms with Gasteiger partial charge in [0.25, 0.3) is 5.56 Å². The summed E-state index contributed by atoms with van der Waals surface area (Å²) in [5.41, 5.74) is 1.14. The third-order valence-electron chi connectivity index (χ3n) is 3.26. The molecule has 104 valence electrons. The molecular formula is C14H16N4OS. The first-order valence-corrected chi connectivity index (χ1v) is 7.55. The Bertz CT molecular complexity index is 757. The lowest BCUT2D eigenvalue weighted by atomic mass is 10.2. The summed E-state index contributed by atoms with van der Waals surface area (Å²) >= 11 is 1.62. The number of aromatic nitrogens is 4. The second-order valence-corrected chi connectivity index (χ2v) is 5.90. The molecule has 1 N–H and O–H groups in total. The van der Waals surface area contributed by atoms with E-state index in [1.165, 1.54) is 4.88 Å². The SMILES string of the molecule is CCCc1cc2c(=O)n(CCc3cn[nH]c3)cnc2s1. The number of H-pyrrole nitrogens is 1. The molecule has 0 fully saturated rings. The zero-order valence-electron chi connectivity index (χ0n) is 11.3. The summed E-state index contributed by atoms with van der Waals surface area (Å²) in [6.07, 6.45) is 8.14. The largest absolute Gasteiger partial charge is 0.298 e. The molecule has 0 bridgehead atoms. The van der Waals surface area contributed by atoms with E-state index in [4.69, 9.17) is 0 Å². The lowest BCUT2D eigenvalue weighted by molar-refractivity contribution is 0.663. The lowest BCUT2D eigenvalue weighted by Gasteiger charge is -2.03. The molecular weight excluding hydrogens is 272 g/mol. The maximum Gasteiger partial charge on any atom is 0.262 e. The number of hydrogen-bond donors (Lipinski definition) is 1. The van der Waals surface area contributed by atoms with Gasteiger partial charge in [0.15, 0.2) is 0 Å². The van der Waals surface area contributed by atoms with Crippen LogP contribution in [0.3, 0.4) is 0 Å². The Morgan fingerprint density at radius 1 is 1.40 bits per heavy atom. The molecule has 5 nitrogen and oxygen atoms in total. The van der Waals surface area contributed by atoms with Crippen LogP contribution in [0.1, 0.15) is 23.8 Å².